The molecule has 1 aromatic rings. The summed E-state index contributed by atoms with van der Waals surface area (Å²) in [5, 5.41) is 8.92. The minimum atomic E-state index is -0.778. The second kappa shape index (κ2) is 9.12. The molecule has 1 atom stereocenters. The highest BCUT2D eigenvalue weighted by atomic mass is 16.4. The Kier molecular flexibility index (Phi) is 6.05. The van der Waals surface area contributed by atoms with E-state index < -0.39 is 5.97 Å². The van der Waals surface area contributed by atoms with Gasteiger partial charge in [0.25, 0.3) is 0 Å². The molecule has 1 aromatic carbocycles. The number of rotatable bonds is 4. The summed E-state index contributed by atoms with van der Waals surface area (Å²) in [4.78, 5) is 41.6. The molecule has 1 N–H and O–H groups in total. The number of carbonyl (C=O) groups is 3. The van der Waals surface area contributed by atoms with E-state index >= 15 is 0 Å². The maximum atomic E-state index is 12.6. The monoisotopic (exact) mass is 447 g/mol. The van der Waals surface area contributed by atoms with Crippen molar-refractivity contribution in [2.24, 2.45) is 0 Å². The van der Waals surface area contributed by atoms with Gasteiger partial charge in [-0.2, -0.15) is 0 Å². The number of fused-ring (bicyclic) bond motifs is 1. The smallest absolute Gasteiger partial charge is 0.317 e. The van der Waals surface area contributed by atoms with Crippen LogP contribution >= 0.6 is 0 Å². The first-order valence-corrected chi connectivity index (χ1v) is 11.8. The predicted molar refractivity (Wildman–Crippen MR) is 123 cm³/mol. The summed E-state index contributed by atoms with van der Waals surface area (Å²) < 4.78 is 0. The van der Waals surface area contributed by atoms with Crippen molar-refractivity contribution < 1.29 is 19.5 Å². The van der Waals surface area contributed by atoms with Gasteiger partial charge in [-0.3, -0.25) is 24.2 Å². The molecule has 2 heterocycles. The van der Waals surface area contributed by atoms with Crippen molar-refractivity contribution in [2.45, 2.75) is 44.7 Å². The number of aliphatic carboxylic acids is 1. The normalized spacial score (nSPS) is 23.4. The maximum absolute atomic E-state index is 12.6. The Morgan fingerprint density at radius 3 is 2.52 bits per heavy atom. The number of Topliss-reactive ketones (excluding diaryl/α,β-unsaturated/α-hetero) is 2. The fraction of sp³-hybridized carbons (Fsp3) is 0.500. The van der Waals surface area contributed by atoms with E-state index in [2.05, 4.69) is 39.8 Å². The molecule has 0 spiro atoms. The first-order chi connectivity index (χ1) is 16.0. The Morgan fingerprint density at radius 1 is 1.06 bits per heavy atom. The third kappa shape index (κ3) is 4.87. The topological polar surface area (TPSA) is 81.2 Å². The molecular formula is C26H29N3O4. The third-order valence-electron chi connectivity index (χ3n) is 7.00. The van der Waals surface area contributed by atoms with Crippen LogP contribution in [0.3, 0.4) is 0 Å². The van der Waals surface area contributed by atoms with Gasteiger partial charge in [0, 0.05) is 56.0 Å². The summed E-state index contributed by atoms with van der Waals surface area (Å²) in [6, 6.07) is 6.17. The molecule has 1 saturated heterocycles. The van der Waals surface area contributed by atoms with Crippen LogP contribution in [0.5, 0.6) is 0 Å². The number of allylic oxidation sites excluding steroid dienone is 1. The van der Waals surface area contributed by atoms with Crippen LogP contribution in [-0.2, 0) is 20.9 Å². The van der Waals surface area contributed by atoms with Crippen molar-refractivity contribution in [3.63, 3.8) is 0 Å². The van der Waals surface area contributed by atoms with Crippen LogP contribution in [0.2, 0.25) is 0 Å². The van der Waals surface area contributed by atoms with Gasteiger partial charge in [0.1, 0.15) is 5.78 Å². The van der Waals surface area contributed by atoms with Crippen molar-refractivity contribution in [3.05, 3.63) is 40.5 Å². The van der Waals surface area contributed by atoms with E-state index in [-0.39, 0.29) is 30.6 Å². The van der Waals surface area contributed by atoms with E-state index in [4.69, 9.17) is 5.11 Å². The number of hydrogen-bond donors (Lipinski definition) is 1. The van der Waals surface area contributed by atoms with Crippen molar-refractivity contribution >= 4 is 23.2 Å². The summed E-state index contributed by atoms with van der Waals surface area (Å²) in [7, 11) is 0. The van der Waals surface area contributed by atoms with E-state index in [1.165, 1.54) is 22.4 Å². The minimum absolute atomic E-state index is 0.0567. The Balaban J connectivity index is 1.25. The van der Waals surface area contributed by atoms with Crippen molar-refractivity contribution in [2.75, 3.05) is 39.3 Å². The van der Waals surface area contributed by atoms with Crippen LogP contribution < -0.4 is 0 Å². The highest BCUT2D eigenvalue weighted by Gasteiger charge is 2.39. The average Bonchev–Trinajstić information content (AvgIpc) is 3.55. The zero-order valence-electron chi connectivity index (χ0n) is 18.8. The molecule has 172 valence electrons. The van der Waals surface area contributed by atoms with E-state index in [1.807, 2.05) is 4.90 Å². The van der Waals surface area contributed by atoms with Crippen LogP contribution in [0.4, 0.5) is 0 Å². The van der Waals surface area contributed by atoms with Gasteiger partial charge in [-0.1, -0.05) is 17.9 Å². The molecule has 2 aliphatic heterocycles. The van der Waals surface area contributed by atoms with Crippen molar-refractivity contribution in [1.29, 1.82) is 0 Å². The Morgan fingerprint density at radius 2 is 1.82 bits per heavy atom. The quantitative estimate of drug-likeness (QED) is 0.556. The number of benzene rings is 1. The standard InChI is InChI=1S/C26H29N3O4/c30-21-6-8-23(24(31)15-21)29-16-20-14-18(3-7-22(20)26(29)19-4-5-19)2-1-9-27-10-12-28(13-11-27)17-25(32)33/h3,7,14,23H,4-6,8-13,15-17H2,(H,32,33). The van der Waals surface area contributed by atoms with Crippen LogP contribution in [0, 0.1) is 11.8 Å². The lowest BCUT2D eigenvalue weighted by Gasteiger charge is -2.32. The molecule has 0 aromatic heterocycles. The third-order valence-corrected chi connectivity index (χ3v) is 7.00. The molecule has 1 unspecified atom stereocenters. The van der Waals surface area contributed by atoms with Gasteiger partial charge in [0.2, 0.25) is 0 Å². The highest BCUT2D eigenvalue weighted by Crippen LogP contribution is 2.45. The fourth-order valence-corrected chi connectivity index (χ4v) is 5.15. The first-order valence-electron chi connectivity index (χ1n) is 11.8. The Hall–Kier alpha value is -2.95. The number of carboxylic acids is 1. The minimum Gasteiger partial charge on any atom is -0.480 e. The van der Waals surface area contributed by atoms with E-state index in [9.17, 15) is 14.4 Å². The fourth-order valence-electron chi connectivity index (χ4n) is 5.15. The molecule has 0 radical (unpaired) electrons. The second-order valence-electron chi connectivity index (χ2n) is 9.44. The molecule has 0 bridgehead atoms. The van der Waals surface area contributed by atoms with Crippen LogP contribution in [-0.4, -0.2) is 82.7 Å². The van der Waals surface area contributed by atoms with Gasteiger partial charge in [0.15, 0.2) is 5.78 Å². The van der Waals surface area contributed by atoms with Crippen LogP contribution in [0.15, 0.2) is 23.8 Å². The number of carbonyl (C=O) groups excluding carboxylic acids is 2. The summed E-state index contributed by atoms with van der Waals surface area (Å²) in [5.74, 6) is 5.91. The molecule has 2 aliphatic carbocycles. The molecule has 33 heavy (non-hydrogen) atoms. The number of piperazine rings is 1. The van der Waals surface area contributed by atoms with Crippen LogP contribution in [0.1, 0.15) is 48.8 Å². The van der Waals surface area contributed by atoms with E-state index in [0.717, 1.165) is 44.6 Å². The zero-order valence-corrected chi connectivity index (χ0v) is 18.8. The van der Waals surface area contributed by atoms with Crippen LogP contribution in [0.25, 0.3) is 5.70 Å². The molecule has 4 aliphatic rings. The molecule has 0 amide bonds. The molecule has 3 fully saturated rings. The Labute approximate surface area is 194 Å². The van der Waals surface area contributed by atoms with E-state index in [0.29, 0.717) is 25.9 Å². The second-order valence-corrected chi connectivity index (χ2v) is 9.44. The molecular weight excluding hydrogens is 418 g/mol. The summed E-state index contributed by atoms with van der Waals surface area (Å²) in [5.41, 5.74) is 6.04. The van der Waals surface area contributed by atoms with Gasteiger partial charge in [-0.25, -0.2) is 0 Å². The van der Waals surface area contributed by atoms with Crippen molar-refractivity contribution in [1.82, 2.24) is 14.7 Å². The SMILES string of the molecule is O=C(O)CN1CCN(CC#Cc2ccc3c(c2)CN(C2CCC(=O)CC2=O)C3=C2CC2)CC1. The zero-order chi connectivity index (χ0) is 22.9. The first kappa shape index (κ1) is 21.9. The number of nitrogens with zero attached hydrogens (tertiary/aromatic N) is 3. The molecule has 7 nitrogen and oxygen atoms in total. The molecule has 2 saturated carbocycles. The van der Waals surface area contributed by atoms with Gasteiger partial charge in [-0.15, -0.1) is 0 Å². The highest BCUT2D eigenvalue weighted by molar-refractivity contribution is 6.04. The number of hydrogen-bond acceptors (Lipinski definition) is 6. The molecule has 7 heteroatoms. The maximum Gasteiger partial charge on any atom is 0.317 e. The lowest BCUT2D eigenvalue weighted by atomic mass is 9.91. The Bertz CT molecular complexity index is 1080. The number of ketones is 2. The summed E-state index contributed by atoms with van der Waals surface area (Å²) in [6.45, 7) is 4.65. The van der Waals surface area contributed by atoms with Crippen molar-refractivity contribution in [3.8, 4) is 11.8 Å². The van der Waals surface area contributed by atoms with Gasteiger partial charge in [-0.05, 0) is 42.5 Å². The van der Waals surface area contributed by atoms with Gasteiger partial charge >= 0.3 is 5.97 Å². The van der Waals surface area contributed by atoms with Gasteiger partial charge in [0.05, 0.1) is 25.6 Å². The summed E-state index contributed by atoms with van der Waals surface area (Å²) in [6.07, 6.45) is 3.36. The largest absolute Gasteiger partial charge is 0.480 e. The lowest BCUT2D eigenvalue weighted by Crippen LogP contribution is -2.47. The van der Waals surface area contributed by atoms with Gasteiger partial charge < -0.3 is 10.0 Å². The number of carboxylic acid groups (broad SMARTS) is 1. The van der Waals surface area contributed by atoms with E-state index in [1.54, 1.807) is 0 Å². The molecule has 5 rings (SSSR count). The lowest BCUT2D eigenvalue weighted by molar-refractivity contribution is -0.139. The summed E-state index contributed by atoms with van der Waals surface area (Å²) >= 11 is 0. The average molecular weight is 448 g/mol. The predicted octanol–water partition coefficient (Wildman–Crippen LogP) is 1.75.